The summed E-state index contributed by atoms with van der Waals surface area (Å²) in [4.78, 5) is 13.6. The van der Waals surface area contributed by atoms with Gasteiger partial charge in [0.15, 0.2) is 17.4 Å². The summed E-state index contributed by atoms with van der Waals surface area (Å²) in [7, 11) is 0. The van der Waals surface area contributed by atoms with Gasteiger partial charge in [-0.3, -0.25) is 4.79 Å². The van der Waals surface area contributed by atoms with E-state index in [1.165, 1.54) is 4.90 Å². The Morgan fingerprint density at radius 1 is 1.40 bits per heavy atom. The number of halogens is 4. The Morgan fingerprint density at radius 2 is 2.10 bits per heavy atom. The van der Waals surface area contributed by atoms with E-state index in [2.05, 4.69) is 15.9 Å². The quantitative estimate of drug-likeness (QED) is 0.657. The van der Waals surface area contributed by atoms with Crippen LogP contribution in [0.3, 0.4) is 0 Å². The highest BCUT2D eigenvalue weighted by molar-refractivity contribution is 9.09. The second-order valence-corrected chi connectivity index (χ2v) is 5.44. The molecule has 0 bridgehead atoms. The number of carbonyl (C=O) groups excluding carboxylic acids is 1. The van der Waals surface area contributed by atoms with Gasteiger partial charge in [-0.05, 0) is 24.8 Å². The molecule has 1 fully saturated rings. The molecular weight excluding hydrogens is 339 g/mol. The lowest BCUT2D eigenvalue weighted by molar-refractivity contribution is 0.0679. The lowest BCUT2D eigenvalue weighted by Gasteiger charge is -2.32. The third-order valence-electron chi connectivity index (χ3n) is 3.39. The van der Waals surface area contributed by atoms with Crippen LogP contribution in [-0.4, -0.2) is 34.3 Å². The second-order valence-electron chi connectivity index (χ2n) is 4.80. The average Bonchev–Trinajstić information content (AvgIpc) is 2.48. The minimum absolute atomic E-state index is 0.245. The van der Waals surface area contributed by atoms with Gasteiger partial charge in [-0.2, -0.15) is 4.39 Å². The summed E-state index contributed by atoms with van der Waals surface area (Å²) in [5.74, 6) is -6.49. The molecule has 1 aliphatic heterocycles. The average molecular weight is 352 g/mol. The largest absolute Gasteiger partial charge is 0.503 e. The fourth-order valence-electron chi connectivity index (χ4n) is 2.29. The molecule has 0 spiro atoms. The Bertz CT molecular complexity index is 539. The Kier molecular flexibility index (Phi) is 4.57. The van der Waals surface area contributed by atoms with Crippen molar-refractivity contribution >= 4 is 21.8 Å². The maximum Gasteiger partial charge on any atom is 0.257 e. The summed E-state index contributed by atoms with van der Waals surface area (Å²) < 4.78 is 39.9. The normalized spacial score (nSPS) is 19.2. The van der Waals surface area contributed by atoms with Crippen LogP contribution in [0.4, 0.5) is 13.2 Å². The van der Waals surface area contributed by atoms with Crippen LogP contribution >= 0.6 is 15.9 Å². The highest BCUT2D eigenvalue weighted by atomic mass is 79.9. The minimum Gasteiger partial charge on any atom is -0.503 e. The number of phenols is 1. The third kappa shape index (κ3) is 2.77. The van der Waals surface area contributed by atoms with Gasteiger partial charge < -0.3 is 10.0 Å². The number of alkyl halides is 1. The van der Waals surface area contributed by atoms with E-state index in [1.54, 1.807) is 0 Å². The molecule has 0 aliphatic carbocycles. The molecule has 7 heteroatoms. The maximum absolute atomic E-state index is 13.7. The van der Waals surface area contributed by atoms with Gasteiger partial charge in [0.1, 0.15) is 0 Å². The first-order chi connectivity index (χ1) is 9.45. The lowest BCUT2D eigenvalue weighted by Crippen LogP contribution is -2.40. The molecule has 3 nitrogen and oxygen atoms in total. The number of amides is 1. The van der Waals surface area contributed by atoms with Crippen molar-refractivity contribution in [3.05, 3.63) is 29.1 Å². The van der Waals surface area contributed by atoms with E-state index >= 15 is 0 Å². The zero-order valence-corrected chi connectivity index (χ0v) is 12.1. The summed E-state index contributed by atoms with van der Waals surface area (Å²) >= 11 is 3.33. The second kappa shape index (κ2) is 6.03. The maximum atomic E-state index is 13.7. The van der Waals surface area contributed by atoms with E-state index < -0.39 is 34.7 Å². The monoisotopic (exact) mass is 351 g/mol. The Morgan fingerprint density at radius 3 is 2.75 bits per heavy atom. The summed E-state index contributed by atoms with van der Waals surface area (Å²) in [5.41, 5.74) is -0.642. The van der Waals surface area contributed by atoms with E-state index in [4.69, 9.17) is 5.11 Å². The predicted octanol–water partition coefficient (Wildman–Crippen LogP) is 3.06. The van der Waals surface area contributed by atoms with Gasteiger partial charge >= 0.3 is 0 Å². The van der Waals surface area contributed by atoms with Gasteiger partial charge in [-0.25, -0.2) is 8.78 Å². The van der Waals surface area contributed by atoms with Crippen LogP contribution in [0.5, 0.6) is 5.75 Å². The van der Waals surface area contributed by atoms with E-state index in [1.807, 2.05) is 0 Å². The summed E-state index contributed by atoms with van der Waals surface area (Å²) in [6.45, 7) is 0.852. The van der Waals surface area contributed by atoms with Crippen molar-refractivity contribution in [2.45, 2.75) is 12.8 Å². The number of aromatic hydroxyl groups is 1. The third-order valence-corrected chi connectivity index (χ3v) is 4.30. The lowest BCUT2D eigenvalue weighted by atomic mass is 9.99. The fourth-order valence-corrected chi connectivity index (χ4v) is 2.82. The first-order valence-corrected chi connectivity index (χ1v) is 7.29. The van der Waals surface area contributed by atoms with Crippen LogP contribution in [0.25, 0.3) is 0 Å². The number of rotatable bonds is 2. The van der Waals surface area contributed by atoms with Crippen molar-refractivity contribution in [1.29, 1.82) is 0 Å². The number of carbonyl (C=O) groups is 1. The van der Waals surface area contributed by atoms with Crippen molar-refractivity contribution in [1.82, 2.24) is 4.90 Å². The molecule has 0 aromatic heterocycles. The molecule has 1 heterocycles. The molecule has 1 amide bonds. The molecule has 110 valence electrons. The highest BCUT2D eigenvalue weighted by Crippen LogP contribution is 2.28. The van der Waals surface area contributed by atoms with Crippen molar-refractivity contribution < 1.29 is 23.1 Å². The molecule has 2 rings (SSSR count). The highest BCUT2D eigenvalue weighted by Gasteiger charge is 2.28. The first-order valence-electron chi connectivity index (χ1n) is 6.17. The molecule has 0 saturated carbocycles. The summed E-state index contributed by atoms with van der Waals surface area (Å²) in [6, 6.07) is 0.491. The predicted molar refractivity (Wildman–Crippen MR) is 70.4 cm³/mol. The molecule has 0 radical (unpaired) electrons. The van der Waals surface area contributed by atoms with Gasteiger partial charge in [0, 0.05) is 18.4 Å². The summed E-state index contributed by atoms with van der Waals surface area (Å²) in [6.07, 6.45) is 1.71. The SMILES string of the molecule is O=C(c1cc(F)c(F)c(O)c1F)N1CCCC(CBr)C1. The molecule has 1 aromatic carbocycles. The zero-order chi connectivity index (χ0) is 14.9. The molecule has 1 N–H and O–H groups in total. The number of hydrogen-bond acceptors (Lipinski definition) is 2. The van der Waals surface area contributed by atoms with Crippen LogP contribution in [0.2, 0.25) is 0 Å². The van der Waals surface area contributed by atoms with E-state index in [0.717, 1.165) is 12.8 Å². The number of phenolic OH excluding ortho intramolecular Hbond substituents is 1. The van der Waals surface area contributed by atoms with Gasteiger partial charge in [-0.1, -0.05) is 15.9 Å². The zero-order valence-electron chi connectivity index (χ0n) is 10.5. The molecule has 1 aliphatic rings. The number of benzene rings is 1. The number of hydrogen-bond donors (Lipinski definition) is 1. The van der Waals surface area contributed by atoms with Gasteiger partial charge in [0.25, 0.3) is 5.91 Å². The topological polar surface area (TPSA) is 40.5 Å². The van der Waals surface area contributed by atoms with Crippen molar-refractivity contribution in [3.8, 4) is 5.75 Å². The van der Waals surface area contributed by atoms with E-state index in [-0.39, 0.29) is 5.92 Å². The van der Waals surface area contributed by atoms with Crippen molar-refractivity contribution in [2.75, 3.05) is 18.4 Å². The van der Waals surface area contributed by atoms with Gasteiger partial charge in [0.2, 0.25) is 5.82 Å². The van der Waals surface area contributed by atoms with Crippen LogP contribution in [0.1, 0.15) is 23.2 Å². The fraction of sp³-hybridized carbons (Fsp3) is 0.462. The van der Waals surface area contributed by atoms with Gasteiger partial charge in [-0.15, -0.1) is 0 Å². The van der Waals surface area contributed by atoms with Crippen LogP contribution in [-0.2, 0) is 0 Å². The van der Waals surface area contributed by atoms with Gasteiger partial charge in [0.05, 0.1) is 5.56 Å². The smallest absolute Gasteiger partial charge is 0.257 e. The molecule has 1 atom stereocenters. The molecule has 1 saturated heterocycles. The number of nitrogens with zero attached hydrogens (tertiary/aromatic N) is 1. The number of likely N-dealkylation sites (tertiary alicyclic amines) is 1. The molecule has 1 unspecified atom stereocenters. The molecular formula is C13H13BrF3NO2. The van der Waals surface area contributed by atoms with Crippen LogP contribution in [0.15, 0.2) is 6.07 Å². The van der Waals surface area contributed by atoms with E-state index in [0.29, 0.717) is 24.5 Å². The van der Waals surface area contributed by atoms with Crippen molar-refractivity contribution in [2.24, 2.45) is 5.92 Å². The minimum atomic E-state index is -1.68. The Labute approximate surface area is 122 Å². The Balaban J connectivity index is 2.29. The Hall–Kier alpha value is -1.24. The van der Waals surface area contributed by atoms with Crippen LogP contribution < -0.4 is 0 Å². The van der Waals surface area contributed by atoms with Crippen LogP contribution in [0, 0.1) is 23.4 Å². The van der Waals surface area contributed by atoms with Crippen molar-refractivity contribution in [3.63, 3.8) is 0 Å². The first kappa shape index (κ1) is 15.2. The molecule has 20 heavy (non-hydrogen) atoms. The summed E-state index contributed by atoms with van der Waals surface area (Å²) in [5, 5.41) is 9.86. The van der Waals surface area contributed by atoms with E-state index in [9.17, 15) is 18.0 Å². The number of piperidine rings is 1. The molecule has 1 aromatic rings. The standard InChI is InChI=1S/C13H13BrF3NO2/c14-5-7-2-1-3-18(6-7)13(20)8-4-9(15)11(17)12(19)10(8)16/h4,7,19H,1-3,5-6H2.